The number of carbonyl (C=O) groups excluding carboxylic acids is 1. The Morgan fingerprint density at radius 3 is 2.93 bits per heavy atom. The third kappa shape index (κ3) is 3.07. The van der Waals surface area contributed by atoms with Gasteiger partial charge in [-0.25, -0.2) is 0 Å². The molecular formula is C11H14N2OS. The summed E-state index contributed by atoms with van der Waals surface area (Å²) >= 11 is 1.62. The molecule has 0 spiro atoms. The van der Waals surface area contributed by atoms with E-state index in [1.807, 2.05) is 30.5 Å². The molecule has 0 saturated carbocycles. The van der Waals surface area contributed by atoms with Gasteiger partial charge in [0.25, 0.3) is 0 Å². The number of amides is 1. The van der Waals surface area contributed by atoms with Gasteiger partial charge in [-0.05, 0) is 17.9 Å². The predicted molar refractivity (Wildman–Crippen MR) is 60.2 cm³/mol. The minimum atomic E-state index is -0.505. The number of nitriles is 1. The summed E-state index contributed by atoms with van der Waals surface area (Å²) in [6.45, 7) is 2.44. The van der Waals surface area contributed by atoms with E-state index in [9.17, 15) is 4.79 Å². The number of thiophene rings is 1. The van der Waals surface area contributed by atoms with Crippen molar-refractivity contribution in [3.05, 3.63) is 22.4 Å². The van der Waals surface area contributed by atoms with E-state index >= 15 is 0 Å². The molecule has 1 amide bonds. The summed E-state index contributed by atoms with van der Waals surface area (Å²) < 4.78 is 0. The first-order valence-corrected chi connectivity index (χ1v) is 5.74. The number of rotatable bonds is 4. The van der Waals surface area contributed by atoms with Crippen molar-refractivity contribution in [1.82, 2.24) is 4.90 Å². The lowest BCUT2D eigenvalue weighted by molar-refractivity contribution is -0.133. The fourth-order valence-corrected chi connectivity index (χ4v) is 2.06. The summed E-state index contributed by atoms with van der Waals surface area (Å²) in [7, 11) is 1.74. The molecule has 0 aliphatic rings. The minimum Gasteiger partial charge on any atom is -0.339 e. The highest BCUT2D eigenvalue weighted by Crippen LogP contribution is 2.13. The van der Waals surface area contributed by atoms with Gasteiger partial charge in [-0.2, -0.15) is 5.26 Å². The predicted octanol–water partition coefficient (Wildman–Crippen LogP) is 2.26. The lowest BCUT2D eigenvalue weighted by Gasteiger charge is -2.18. The molecule has 1 unspecified atom stereocenters. The van der Waals surface area contributed by atoms with Gasteiger partial charge >= 0.3 is 0 Å². The molecule has 80 valence electrons. The maximum absolute atomic E-state index is 11.7. The first kappa shape index (κ1) is 11.7. The molecule has 3 nitrogen and oxygen atoms in total. The maximum Gasteiger partial charge on any atom is 0.239 e. The molecule has 0 fully saturated rings. The van der Waals surface area contributed by atoms with Crippen LogP contribution in [-0.2, 0) is 11.3 Å². The molecule has 0 aliphatic heterocycles. The summed E-state index contributed by atoms with van der Waals surface area (Å²) in [4.78, 5) is 14.5. The van der Waals surface area contributed by atoms with Crippen LogP contribution in [0.3, 0.4) is 0 Å². The molecule has 0 bridgehead atoms. The van der Waals surface area contributed by atoms with Crippen LogP contribution in [0, 0.1) is 17.2 Å². The van der Waals surface area contributed by atoms with Crippen LogP contribution in [0.1, 0.15) is 18.2 Å². The molecule has 0 radical (unpaired) electrons. The maximum atomic E-state index is 11.7. The Morgan fingerprint density at radius 2 is 2.47 bits per heavy atom. The number of nitrogens with zero attached hydrogens (tertiary/aromatic N) is 2. The highest BCUT2D eigenvalue weighted by molar-refractivity contribution is 7.09. The van der Waals surface area contributed by atoms with Crippen LogP contribution < -0.4 is 0 Å². The largest absolute Gasteiger partial charge is 0.339 e. The molecule has 1 aromatic heterocycles. The molecule has 1 rings (SSSR count). The van der Waals surface area contributed by atoms with E-state index in [2.05, 4.69) is 0 Å². The zero-order chi connectivity index (χ0) is 11.3. The standard InChI is InChI=1S/C11H14N2OS/c1-3-9(7-12)11(14)13(2)8-10-5-4-6-15-10/h4-6,9H,3,8H2,1-2H3. The van der Waals surface area contributed by atoms with Crippen molar-refractivity contribution in [3.63, 3.8) is 0 Å². The van der Waals surface area contributed by atoms with Crippen molar-refractivity contribution in [2.75, 3.05) is 7.05 Å². The Labute approximate surface area is 93.9 Å². The molecule has 4 heteroatoms. The van der Waals surface area contributed by atoms with E-state index in [4.69, 9.17) is 5.26 Å². The third-order valence-electron chi connectivity index (χ3n) is 2.21. The van der Waals surface area contributed by atoms with E-state index in [0.29, 0.717) is 13.0 Å². The van der Waals surface area contributed by atoms with E-state index in [0.717, 1.165) is 4.88 Å². The van der Waals surface area contributed by atoms with Crippen LogP contribution in [0.2, 0.25) is 0 Å². The molecule has 0 N–H and O–H groups in total. The van der Waals surface area contributed by atoms with Crippen molar-refractivity contribution < 1.29 is 4.79 Å². The fourth-order valence-electron chi connectivity index (χ4n) is 1.30. The van der Waals surface area contributed by atoms with Crippen molar-refractivity contribution in [2.45, 2.75) is 19.9 Å². The quantitative estimate of drug-likeness (QED) is 0.784. The lowest BCUT2D eigenvalue weighted by atomic mass is 10.1. The van der Waals surface area contributed by atoms with Gasteiger partial charge in [0.1, 0.15) is 5.92 Å². The van der Waals surface area contributed by atoms with Crippen LogP contribution in [0.4, 0.5) is 0 Å². The summed E-state index contributed by atoms with van der Waals surface area (Å²) in [5.74, 6) is -0.594. The topological polar surface area (TPSA) is 44.1 Å². The van der Waals surface area contributed by atoms with Crippen molar-refractivity contribution in [3.8, 4) is 6.07 Å². The fraction of sp³-hybridized carbons (Fsp3) is 0.455. The van der Waals surface area contributed by atoms with Crippen LogP contribution in [-0.4, -0.2) is 17.9 Å². The zero-order valence-corrected chi connectivity index (χ0v) is 9.75. The number of hydrogen-bond donors (Lipinski definition) is 0. The summed E-state index contributed by atoms with van der Waals surface area (Å²) in [5, 5.41) is 10.8. The second-order valence-corrected chi connectivity index (χ2v) is 4.40. The third-order valence-corrected chi connectivity index (χ3v) is 3.07. The number of hydrogen-bond acceptors (Lipinski definition) is 3. The van der Waals surface area contributed by atoms with Crippen LogP contribution >= 0.6 is 11.3 Å². The van der Waals surface area contributed by atoms with Gasteiger partial charge in [-0.1, -0.05) is 13.0 Å². The van der Waals surface area contributed by atoms with Gasteiger partial charge in [-0.3, -0.25) is 4.79 Å². The van der Waals surface area contributed by atoms with Crippen molar-refractivity contribution in [1.29, 1.82) is 5.26 Å². The molecule has 1 heterocycles. The second-order valence-electron chi connectivity index (χ2n) is 3.36. The monoisotopic (exact) mass is 222 g/mol. The smallest absolute Gasteiger partial charge is 0.239 e. The molecular weight excluding hydrogens is 208 g/mol. The van der Waals surface area contributed by atoms with E-state index in [-0.39, 0.29) is 5.91 Å². The summed E-state index contributed by atoms with van der Waals surface area (Å²) in [6, 6.07) is 5.97. The molecule has 1 aromatic rings. The van der Waals surface area contributed by atoms with Gasteiger partial charge in [-0.15, -0.1) is 11.3 Å². The Hall–Kier alpha value is -1.34. The Kier molecular flexibility index (Phi) is 4.32. The van der Waals surface area contributed by atoms with Crippen molar-refractivity contribution in [2.24, 2.45) is 5.92 Å². The zero-order valence-electron chi connectivity index (χ0n) is 8.93. The SMILES string of the molecule is CCC(C#N)C(=O)N(C)Cc1cccs1. The van der Waals surface area contributed by atoms with Gasteiger partial charge in [0, 0.05) is 11.9 Å². The number of carbonyl (C=O) groups is 1. The van der Waals surface area contributed by atoms with Crippen LogP contribution in [0.25, 0.3) is 0 Å². The molecule has 0 saturated heterocycles. The van der Waals surface area contributed by atoms with Gasteiger partial charge in [0.2, 0.25) is 5.91 Å². The first-order valence-electron chi connectivity index (χ1n) is 4.86. The van der Waals surface area contributed by atoms with E-state index in [1.165, 1.54) is 0 Å². The Morgan fingerprint density at radius 1 is 1.73 bits per heavy atom. The van der Waals surface area contributed by atoms with Gasteiger partial charge in [0.15, 0.2) is 0 Å². The molecule has 0 aromatic carbocycles. The second kappa shape index (κ2) is 5.52. The normalized spacial score (nSPS) is 11.8. The van der Waals surface area contributed by atoms with Gasteiger partial charge < -0.3 is 4.90 Å². The Bertz CT molecular complexity index is 353. The molecule has 1 atom stereocenters. The minimum absolute atomic E-state index is 0.0894. The van der Waals surface area contributed by atoms with Crippen molar-refractivity contribution >= 4 is 17.2 Å². The highest BCUT2D eigenvalue weighted by atomic mass is 32.1. The van der Waals surface area contributed by atoms with E-state index in [1.54, 1.807) is 23.3 Å². The highest BCUT2D eigenvalue weighted by Gasteiger charge is 2.19. The van der Waals surface area contributed by atoms with Gasteiger partial charge in [0.05, 0.1) is 12.6 Å². The summed E-state index contributed by atoms with van der Waals surface area (Å²) in [5.41, 5.74) is 0. The average molecular weight is 222 g/mol. The van der Waals surface area contributed by atoms with Crippen LogP contribution in [0.15, 0.2) is 17.5 Å². The molecule has 15 heavy (non-hydrogen) atoms. The average Bonchev–Trinajstić information content (AvgIpc) is 2.72. The summed E-state index contributed by atoms with van der Waals surface area (Å²) in [6.07, 6.45) is 0.574. The Balaban J connectivity index is 2.57. The molecule has 0 aliphatic carbocycles. The van der Waals surface area contributed by atoms with E-state index < -0.39 is 5.92 Å². The van der Waals surface area contributed by atoms with Crippen LogP contribution in [0.5, 0.6) is 0 Å². The first-order chi connectivity index (χ1) is 7.19. The lowest BCUT2D eigenvalue weighted by Crippen LogP contribution is -2.31.